The summed E-state index contributed by atoms with van der Waals surface area (Å²) in [4.78, 5) is -0.839. The Kier molecular flexibility index (Phi) is 5.42. The molecule has 0 aliphatic carbocycles. The third-order valence-electron chi connectivity index (χ3n) is 3.67. The summed E-state index contributed by atoms with van der Waals surface area (Å²) in [5.74, 6) is -2.73. The highest BCUT2D eigenvalue weighted by Crippen LogP contribution is 2.43. The molecule has 0 bridgehead atoms. The summed E-state index contributed by atoms with van der Waals surface area (Å²) in [6.45, 7) is 0. The van der Waals surface area contributed by atoms with Gasteiger partial charge in [-0.1, -0.05) is 17.3 Å². The van der Waals surface area contributed by atoms with Gasteiger partial charge in [-0.25, -0.2) is 17.9 Å². The topological polar surface area (TPSA) is 86.2 Å². The van der Waals surface area contributed by atoms with Gasteiger partial charge in [-0.2, -0.15) is 13.2 Å². The van der Waals surface area contributed by atoms with Crippen LogP contribution >= 0.6 is 31.9 Å². The highest BCUT2D eigenvalue weighted by atomic mass is 79.9. The summed E-state index contributed by atoms with van der Waals surface area (Å²) in [6, 6.07) is 7.00. The van der Waals surface area contributed by atoms with E-state index in [9.17, 15) is 26.0 Å². The van der Waals surface area contributed by atoms with Crippen molar-refractivity contribution in [2.45, 2.75) is 11.1 Å². The molecule has 2 N–H and O–H groups in total. The number of alkyl halides is 3. The molecule has 2 aromatic carbocycles. The van der Waals surface area contributed by atoms with Crippen molar-refractivity contribution in [3.8, 4) is 22.4 Å². The molecule has 3 rings (SSSR count). The van der Waals surface area contributed by atoms with Crippen molar-refractivity contribution in [3.05, 3.63) is 56.9 Å². The van der Waals surface area contributed by atoms with Crippen LogP contribution in [0.25, 0.3) is 22.4 Å². The summed E-state index contributed by atoms with van der Waals surface area (Å²) < 4.78 is 82.9. The van der Waals surface area contributed by atoms with Gasteiger partial charge >= 0.3 is 6.18 Å². The number of hydrogen-bond acceptors (Lipinski definition) is 4. The van der Waals surface area contributed by atoms with E-state index in [0.717, 1.165) is 12.1 Å². The summed E-state index contributed by atoms with van der Waals surface area (Å²) in [6.07, 6.45) is -4.91. The van der Waals surface area contributed by atoms with Crippen molar-refractivity contribution in [2.24, 2.45) is 5.14 Å². The van der Waals surface area contributed by atoms with Crippen molar-refractivity contribution in [1.29, 1.82) is 0 Å². The van der Waals surface area contributed by atoms with Gasteiger partial charge in [0, 0.05) is 14.5 Å². The van der Waals surface area contributed by atoms with Crippen molar-refractivity contribution in [2.75, 3.05) is 0 Å². The van der Waals surface area contributed by atoms with E-state index < -0.39 is 38.2 Å². The molecule has 0 saturated heterocycles. The van der Waals surface area contributed by atoms with Crippen LogP contribution in [0.2, 0.25) is 0 Å². The van der Waals surface area contributed by atoms with Crippen LogP contribution in [0.15, 0.2) is 54.8 Å². The standard InChI is InChI=1S/C16H8Br2F4N2O3S/c17-9-3-1-8(5-10(9)18)14-13(15(27-24-14)16(20,21)22)7-2-4-12(11(19)6-7)28(23,25)26/h1-6H,(H2,23,25,26). The summed E-state index contributed by atoms with van der Waals surface area (Å²) in [5, 5.41) is 8.39. The van der Waals surface area contributed by atoms with Gasteiger partial charge in [-0.15, -0.1) is 0 Å². The van der Waals surface area contributed by atoms with E-state index >= 15 is 0 Å². The lowest BCUT2D eigenvalue weighted by molar-refractivity contribution is -0.154. The number of primary sulfonamides is 1. The van der Waals surface area contributed by atoms with E-state index in [1.807, 2.05) is 0 Å². The Morgan fingerprint density at radius 3 is 2.18 bits per heavy atom. The summed E-state index contributed by atoms with van der Waals surface area (Å²) in [7, 11) is -4.38. The zero-order valence-corrected chi connectivity index (χ0v) is 17.4. The molecule has 0 radical (unpaired) electrons. The number of rotatable bonds is 3. The Hall–Kier alpha value is -1.76. The van der Waals surface area contributed by atoms with E-state index in [2.05, 4.69) is 41.5 Å². The molecule has 0 aliphatic rings. The number of nitrogens with zero attached hydrogens (tertiary/aromatic N) is 1. The molecule has 0 spiro atoms. The third kappa shape index (κ3) is 4.00. The molecule has 0 unspecified atom stereocenters. The van der Waals surface area contributed by atoms with Crippen LogP contribution < -0.4 is 5.14 Å². The van der Waals surface area contributed by atoms with E-state index in [-0.39, 0.29) is 16.8 Å². The van der Waals surface area contributed by atoms with Crippen LogP contribution in [0, 0.1) is 5.82 Å². The Balaban J connectivity index is 2.28. The van der Waals surface area contributed by atoms with E-state index in [4.69, 9.17) is 5.14 Å². The zero-order chi connectivity index (χ0) is 20.9. The first kappa shape index (κ1) is 21.0. The van der Waals surface area contributed by atoms with Crippen molar-refractivity contribution in [1.82, 2.24) is 5.16 Å². The van der Waals surface area contributed by atoms with Crippen LogP contribution in [0.4, 0.5) is 17.6 Å². The predicted octanol–water partition coefficient (Wildman–Crippen LogP) is 5.34. The lowest BCUT2D eigenvalue weighted by Gasteiger charge is -2.09. The number of benzene rings is 2. The second-order valence-corrected chi connectivity index (χ2v) is 8.79. The molecule has 1 heterocycles. The Labute approximate surface area is 172 Å². The summed E-state index contributed by atoms with van der Waals surface area (Å²) in [5.41, 5.74) is -0.724. The minimum absolute atomic E-state index is 0.191. The second kappa shape index (κ2) is 7.25. The maximum absolute atomic E-state index is 14.2. The van der Waals surface area contributed by atoms with Gasteiger partial charge in [-0.3, -0.25) is 0 Å². The van der Waals surface area contributed by atoms with Gasteiger partial charge in [0.15, 0.2) is 0 Å². The van der Waals surface area contributed by atoms with Crippen molar-refractivity contribution < 1.29 is 30.5 Å². The van der Waals surface area contributed by atoms with Gasteiger partial charge in [-0.05, 0) is 61.7 Å². The van der Waals surface area contributed by atoms with Gasteiger partial charge in [0.1, 0.15) is 16.4 Å². The molecule has 1 aromatic heterocycles. The van der Waals surface area contributed by atoms with E-state index in [1.54, 1.807) is 6.07 Å². The highest BCUT2D eigenvalue weighted by molar-refractivity contribution is 9.13. The van der Waals surface area contributed by atoms with Crippen LogP contribution in [-0.4, -0.2) is 13.6 Å². The van der Waals surface area contributed by atoms with Crippen LogP contribution in [-0.2, 0) is 16.2 Å². The molecule has 0 atom stereocenters. The minimum Gasteiger partial charge on any atom is -0.350 e. The number of halogens is 6. The molecule has 28 heavy (non-hydrogen) atoms. The van der Waals surface area contributed by atoms with E-state index in [0.29, 0.717) is 15.0 Å². The fourth-order valence-corrected chi connectivity index (χ4v) is 3.69. The predicted molar refractivity (Wildman–Crippen MR) is 99.1 cm³/mol. The van der Waals surface area contributed by atoms with Crippen molar-refractivity contribution >= 4 is 41.9 Å². The minimum atomic E-state index is -4.91. The Morgan fingerprint density at radius 1 is 1.00 bits per heavy atom. The first-order valence-corrected chi connectivity index (χ1v) is 10.4. The second-order valence-electron chi connectivity index (χ2n) is 5.55. The van der Waals surface area contributed by atoms with Gasteiger partial charge < -0.3 is 4.52 Å². The zero-order valence-electron chi connectivity index (χ0n) is 13.4. The number of nitrogens with two attached hydrogens (primary N) is 1. The van der Waals surface area contributed by atoms with Crippen molar-refractivity contribution in [3.63, 3.8) is 0 Å². The lowest BCUT2D eigenvalue weighted by Crippen LogP contribution is -2.14. The molecular weight excluding hydrogens is 536 g/mol. The maximum Gasteiger partial charge on any atom is 0.453 e. The highest BCUT2D eigenvalue weighted by Gasteiger charge is 2.41. The van der Waals surface area contributed by atoms with Crippen LogP contribution in [0.5, 0.6) is 0 Å². The van der Waals surface area contributed by atoms with Crippen LogP contribution in [0.3, 0.4) is 0 Å². The quantitative estimate of drug-likeness (QED) is 0.452. The lowest BCUT2D eigenvalue weighted by atomic mass is 9.99. The van der Waals surface area contributed by atoms with Crippen LogP contribution in [0.1, 0.15) is 5.76 Å². The van der Waals surface area contributed by atoms with E-state index in [1.165, 1.54) is 12.1 Å². The average Bonchev–Trinajstić information content (AvgIpc) is 3.01. The molecule has 5 nitrogen and oxygen atoms in total. The summed E-state index contributed by atoms with van der Waals surface area (Å²) >= 11 is 6.49. The SMILES string of the molecule is NS(=O)(=O)c1ccc(-c2c(-c3ccc(Br)c(Br)c3)noc2C(F)(F)F)cc1F. The molecular formula is C16H8Br2F4N2O3S. The molecule has 0 fully saturated rings. The molecule has 0 amide bonds. The molecule has 12 heteroatoms. The number of hydrogen-bond donors (Lipinski definition) is 1. The fourth-order valence-electron chi connectivity index (χ4n) is 2.48. The van der Waals surface area contributed by atoms with Gasteiger partial charge in [0.2, 0.25) is 15.8 Å². The molecule has 3 aromatic rings. The smallest absolute Gasteiger partial charge is 0.350 e. The largest absolute Gasteiger partial charge is 0.453 e. The first-order valence-electron chi connectivity index (χ1n) is 7.24. The fraction of sp³-hybridized carbons (Fsp3) is 0.0625. The number of sulfonamides is 1. The molecule has 148 valence electrons. The first-order chi connectivity index (χ1) is 12.9. The van der Waals surface area contributed by atoms with Gasteiger partial charge in [0.05, 0.1) is 5.56 Å². The number of aromatic nitrogens is 1. The molecule has 0 saturated carbocycles. The molecule has 0 aliphatic heterocycles. The van der Waals surface area contributed by atoms with Gasteiger partial charge in [0.25, 0.3) is 0 Å². The Morgan fingerprint density at radius 2 is 1.64 bits per heavy atom. The maximum atomic E-state index is 14.2. The average molecular weight is 544 g/mol. The third-order valence-corrected chi connectivity index (χ3v) is 6.49. The monoisotopic (exact) mass is 542 g/mol. The Bertz CT molecular complexity index is 1180. The normalized spacial score (nSPS) is 12.4.